The molecule has 2 aromatic heterocycles. The first-order chi connectivity index (χ1) is 14.7. The van der Waals surface area contributed by atoms with Crippen molar-refractivity contribution in [1.82, 2.24) is 20.5 Å². The van der Waals surface area contributed by atoms with Gasteiger partial charge in [0.05, 0.1) is 19.3 Å². The lowest BCUT2D eigenvalue weighted by molar-refractivity contribution is 0.0177. The lowest BCUT2D eigenvalue weighted by atomic mass is 10.1. The van der Waals surface area contributed by atoms with E-state index in [1.54, 1.807) is 30.5 Å². The number of aliphatic imine (C=N–C) groups is 1. The van der Waals surface area contributed by atoms with Crippen molar-refractivity contribution in [2.45, 2.75) is 12.5 Å². The Balaban J connectivity index is 1.33. The molecule has 3 N–H and O–H groups in total. The molecule has 0 bridgehead atoms. The number of guanidine groups is 1. The Morgan fingerprint density at radius 2 is 2.17 bits per heavy atom. The number of rotatable bonds is 7. The number of nitrogens with zero attached hydrogens (tertiary/aromatic N) is 2. The van der Waals surface area contributed by atoms with Crippen LogP contribution in [0.3, 0.4) is 0 Å². The lowest BCUT2D eigenvalue weighted by Crippen LogP contribution is -2.46. The second kappa shape index (κ2) is 10.1. The predicted octanol–water partition coefficient (Wildman–Crippen LogP) is 3.15. The number of morpholine rings is 1. The predicted molar refractivity (Wildman–Crippen MR) is 121 cm³/mol. The fourth-order valence-electron chi connectivity index (χ4n) is 3.87. The zero-order valence-electron chi connectivity index (χ0n) is 17.2. The van der Waals surface area contributed by atoms with E-state index >= 15 is 0 Å². The molecule has 1 aliphatic heterocycles. The highest BCUT2D eigenvalue weighted by molar-refractivity contribution is 7.10. The number of nitrogens with one attached hydrogen (secondary N) is 3. The van der Waals surface area contributed by atoms with E-state index < -0.39 is 0 Å². The fraction of sp³-hybridized carbons (Fsp3) is 0.409. The Kier molecular flexibility index (Phi) is 6.99. The van der Waals surface area contributed by atoms with Gasteiger partial charge in [0.15, 0.2) is 5.96 Å². The summed E-state index contributed by atoms with van der Waals surface area (Å²) in [5.41, 5.74) is 2.05. The summed E-state index contributed by atoms with van der Waals surface area (Å²) < 4.78 is 19.1. The van der Waals surface area contributed by atoms with Crippen molar-refractivity contribution in [2.75, 3.05) is 46.4 Å². The number of halogens is 1. The summed E-state index contributed by atoms with van der Waals surface area (Å²) in [6.07, 6.45) is 2.73. The summed E-state index contributed by atoms with van der Waals surface area (Å²) in [5, 5.41) is 9.92. The summed E-state index contributed by atoms with van der Waals surface area (Å²) in [4.78, 5) is 11.4. The number of aromatic amines is 1. The van der Waals surface area contributed by atoms with Crippen molar-refractivity contribution in [1.29, 1.82) is 0 Å². The molecule has 1 saturated heterocycles. The first-order valence-electron chi connectivity index (χ1n) is 10.3. The Hall–Kier alpha value is -2.42. The van der Waals surface area contributed by atoms with Crippen LogP contribution in [0.25, 0.3) is 10.9 Å². The average molecular weight is 430 g/mol. The van der Waals surface area contributed by atoms with Gasteiger partial charge in [0.1, 0.15) is 5.82 Å². The van der Waals surface area contributed by atoms with Gasteiger partial charge >= 0.3 is 0 Å². The Labute approximate surface area is 180 Å². The van der Waals surface area contributed by atoms with Gasteiger partial charge < -0.3 is 20.4 Å². The van der Waals surface area contributed by atoms with Gasteiger partial charge in [-0.2, -0.15) is 0 Å². The largest absolute Gasteiger partial charge is 0.379 e. The molecule has 1 fully saturated rings. The number of hydrogen-bond acceptors (Lipinski definition) is 4. The molecular weight excluding hydrogens is 401 g/mol. The van der Waals surface area contributed by atoms with Gasteiger partial charge in [0.2, 0.25) is 0 Å². The molecule has 8 heteroatoms. The topological polar surface area (TPSA) is 64.7 Å². The summed E-state index contributed by atoms with van der Waals surface area (Å²) in [7, 11) is 1.78. The molecule has 6 nitrogen and oxygen atoms in total. The molecule has 1 aliphatic rings. The van der Waals surface area contributed by atoms with Crippen molar-refractivity contribution in [3.8, 4) is 0 Å². The van der Waals surface area contributed by atoms with E-state index in [9.17, 15) is 4.39 Å². The van der Waals surface area contributed by atoms with E-state index in [0.29, 0.717) is 12.6 Å². The van der Waals surface area contributed by atoms with Gasteiger partial charge in [-0.25, -0.2) is 4.39 Å². The van der Waals surface area contributed by atoms with Gasteiger partial charge in [-0.3, -0.25) is 9.89 Å². The maximum absolute atomic E-state index is 13.6. The lowest BCUT2D eigenvalue weighted by Gasteiger charge is -2.34. The SMILES string of the molecule is CN=C(NCCc1c[nH]c2ccc(F)cc12)NCC(c1cccs1)N1CCOCC1. The van der Waals surface area contributed by atoms with Gasteiger partial charge in [-0.05, 0) is 41.6 Å². The molecule has 1 aromatic carbocycles. The first kappa shape index (κ1) is 20.8. The highest BCUT2D eigenvalue weighted by atomic mass is 32.1. The van der Waals surface area contributed by atoms with Crippen LogP contribution in [0.4, 0.5) is 4.39 Å². The maximum Gasteiger partial charge on any atom is 0.191 e. The second-order valence-corrected chi connectivity index (χ2v) is 8.29. The zero-order valence-corrected chi connectivity index (χ0v) is 18.0. The van der Waals surface area contributed by atoms with Crippen LogP contribution in [0, 0.1) is 5.82 Å². The quantitative estimate of drug-likeness (QED) is 0.399. The molecule has 1 atom stereocenters. The number of ether oxygens (including phenoxy) is 1. The monoisotopic (exact) mass is 429 g/mol. The first-order valence-corrected chi connectivity index (χ1v) is 11.2. The summed E-state index contributed by atoms with van der Waals surface area (Å²) >= 11 is 1.79. The van der Waals surface area contributed by atoms with Crippen LogP contribution in [0.1, 0.15) is 16.5 Å². The zero-order chi connectivity index (χ0) is 20.8. The van der Waals surface area contributed by atoms with Crippen molar-refractivity contribution in [3.05, 3.63) is 58.2 Å². The van der Waals surface area contributed by atoms with E-state index in [-0.39, 0.29) is 5.82 Å². The number of thiophene rings is 1. The molecule has 0 saturated carbocycles. The van der Waals surface area contributed by atoms with E-state index in [0.717, 1.165) is 61.7 Å². The van der Waals surface area contributed by atoms with Crippen LogP contribution in [-0.4, -0.2) is 62.3 Å². The third-order valence-corrected chi connectivity index (χ3v) is 6.43. The molecule has 30 heavy (non-hydrogen) atoms. The van der Waals surface area contributed by atoms with Gasteiger partial charge in [-0.1, -0.05) is 6.07 Å². The highest BCUT2D eigenvalue weighted by Crippen LogP contribution is 2.25. The number of aromatic nitrogens is 1. The van der Waals surface area contributed by atoms with E-state index in [1.807, 2.05) is 6.20 Å². The van der Waals surface area contributed by atoms with E-state index in [2.05, 4.69) is 43.0 Å². The Bertz CT molecular complexity index is 965. The van der Waals surface area contributed by atoms with E-state index in [1.165, 1.54) is 10.9 Å². The molecule has 0 spiro atoms. The van der Waals surface area contributed by atoms with Crippen LogP contribution in [-0.2, 0) is 11.2 Å². The summed E-state index contributed by atoms with van der Waals surface area (Å²) in [6, 6.07) is 9.43. The average Bonchev–Trinajstić information content (AvgIpc) is 3.44. The highest BCUT2D eigenvalue weighted by Gasteiger charge is 2.23. The van der Waals surface area contributed by atoms with Crippen molar-refractivity contribution in [3.63, 3.8) is 0 Å². The minimum Gasteiger partial charge on any atom is -0.379 e. The van der Waals surface area contributed by atoms with Gasteiger partial charge in [-0.15, -0.1) is 11.3 Å². The molecule has 3 aromatic rings. The van der Waals surface area contributed by atoms with Crippen molar-refractivity contribution in [2.24, 2.45) is 4.99 Å². The Morgan fingerprint density at radius 3 is 2.93 bits per heavy atom. The number of fused-ring (bicyclic) bond motifs is 1. The normalized spacial score (nSPS) is 16.7. The van der Waals surface area contributed by atoms with Crippen LogP contribution in [0.5, 0.6) is 0 Å². The fourth-order valence-corrected chi connectivity index (χ4v) is 4.73. The molecule has 0 amide bonds. The number of hydrogen-bond donors (Lipinski definition) is 3. The third-order valence-electron chi connectivity index (χ3n) is 5.46. The summed E-state index contributed by atoms with van der Waals surface area (Å²) in [5.74, 6) is 0.562. The molecule has 4 rings (SSSR count). The smallest absolute Gasteiger partial charge is 0.191 e. The van der Waals surface area contributed by atoms with E-state index in [4.69, 9.17) is 4.74 Å². The molecule has 1 unspecified atom stereocenters. The molecule has 0 aliphatic carbocycles. The van der Waals surface area contributed by atoms with Crippen LogP contribution >= 0.6 is 11.3 Å². The van der Waals surface area contributed by atoms with Crippen LogP contribution in [0.15, 0.2) is 46.9 Å². The van der Waals surface area contributed by atoms with Crippen LogP contribution < -0.4 is 10.6 Å². The second-order valence-electron chi connectivity index (χ2n) is 7.31. The molecule has 0 radical (unpaired) electrons. The summed E-state index contributed by atoms with van der Waals surface area (Å²) in [6.45, 7) is 4.92. The van der Waals surface area contributed by atoms with Gasteiger partial charge in [0, 0.05) is 55.2 Å². The van der Waals surface area contributed by atoms with Gasteiger partial charge in [0.25, 0.3) is 0 Å². The molecular formula is C22H28FN5OS. The minimum absolute atomic E-state index is 0.212. The van der Waals surface area contributed by atoms with Crippen LogP contribution in [0.2, 0.25) is 0 Å². The number of H-pyrrole nitrogens is 1. The standard InChI is InChI=1S/C22H28FN5OS/c1-24-22(25-7-6-16-14-26-19-5-4-17(23)13-18(16)19)27-15-20(21-3-2-12-30-21)28-8-10-29-11-9-28/h2-5,12-14,20,26H,6-11,15H2,1H3,(H2,24,25,27). The molecule has 3 heterocycles. The maximum atomic E-state index is 13.6. The molecule has 160 valence electrons. The minimum atomic E-state index is -0.212. The Morgan fingerprint density at radius 1 is 1.30 bits per heavy atom. The van der Waals surface area contributed by atoms with Crippen molar-refractivity contribution < 1.29 is 9.13 Å². The van der Waals surface area contributed by atoms with Crippen molar-refractivity contribution >= 4 is 28.2 Å². The number of benzene rings is 1. The third kappa shape index (κ3) is 5.00.